The van der Waals surface area contributed by atoms with Gasteiger partial charge in [0.15, 0.2) is 0 Å². The summed E-state index contributed by atoms with van der Waals surface area (Å²) in [6, 6.07) is 0. The van der Waals surface area contributed by atoms with Crippen molar-refractivity contribution in [2.24, 2.45) is 11.8 Å². The first-order valence-electron chi connectivity index (χ1n) is 15.7. The van der Waals surface area contributed by atoms with Crippen molar-refractivity contribution in [3.8, 4) is 0 Å². The molecule has 0 atom stereocenters. The average molecular weight is 617 g/mol. The first-order chi connectivity index (χ1) is 20.2. The molecule has 1 amide bonds. The lowest BCUT2D eigenvalue weighted by Crippen LogP contribution is -2.59. The number of hydrogen-bond acceptors (Lipinski definition) is 10. The zero-order valence-electron chi connectivity index (χ0n) is 28.1. The molecule has 0 saturated heterocycles. The molecule has 0 aliphatic carbocycles. The number of rotatable bonds is 28. The van der Waals surface area contributed by atoms with Gasteiger partial charge in [0.05, 0.1) is 66.1 Å². The second-order valence-electron chi connectivity index (χ2n) is 12.5. The van der Waals surface area contributed by atoms with Gasteiger partial charge in [0.1, 0.15) is 22.9 Å². The van der Waals surface area contributed by atoms with Crippen LogP contribution in [0, 0.1) is 11.8 Å². The molecule has 0 aliphatic heterocycles. The zero-order valence-corrected chi connectivity index (χ0v) is 28.1. The summed E-state index contributed by atoms with van der Waals surface area (Å²) < 4.78 is 28.7. The Hall–Kier alpha value is -1.76. The molecule has 0 radical (unpaired) electrons. The molecule has 0 saturated carbocycles. The predicted octanol–water partition coefficient (Wildman–Crippen LogP) is 3.30. The van der Waals surface area contributed by atoms with Crippen molar-refractivity contribution in [3.05, 3.63) is 0 Å². The number of hydrogen-bond donors (Lipinski definition) is 2. The molecule has 0 fully saturated rings. The van der Waals surface area contributed by atoms with Gasteiger partial charge in [-0.25, -0.2) is 0 Å². The van der Waals surface area contributed by atoms with Crippen LogP contribution in [0.3, 0.4) is 0 Å². The molecule has 11 nitrogen and oxygen atoms in total. The minimum absolute atomic E-state index is 0.0290. The third kappa shape index (κ3) is 23.3. The highest BCUT2D eigenvalue weighted by atomic mass is 16.5. The van der Waals surface area contributed by atoms with Crippen LogP contribution in [0.1, 0.15) is 87.5 Å². The van der Waals surface area contributed by atoms with Gasteiger partial charge in [0.25, 0.3) is 0 Å². The van der Waals surface area contributed by atoms with E-state index in [1.54, 1.807) is 6.92 Å². The molecule has 0 rings (SSSR count). The molecule has 0 spiro atoms. The maximum Gasteiger partial charge on any atom is 0.222 e. The molecular formula is C32H60N2O9. The molecule has 252 valence electrons. The Bertz CT molecular complexity index is 766. The van der Waals surface area contributed by atoms with E-state index in [4.69, 9.17) is 23.7 Å². The molecule has 2 N–H and O–H groups in total. The predicted molar refractivity (Wildman–Crippen MR) is 166 cm³/mol. The Morgan fingerprint density at radius 3 is 1.49 bits per heavy atom. The molecule has 0 heterocycles. The van der Waals surface area contributed by atoms with Crippen molar-refractivity contribution in [1.82, 2.24) is 10.6 Å². The molecule has 0 aromatic heterocycles. The van der Waals surface area contributed by atoms with Crippen LogP contribution in [0.2, 0.25) is 0 Å². The van der Waals surface area contributed by atoms with Crippen molar-refractivity contribution in [2.45, 2.75) is 98.6 Å². The lowest BCUT2D eigenvalue weighted by molar-refractivity contribution is -0.131. The fourth-order valence-electron chi connectivity index (χ4n) is 3.66. The average Bonchev–Trinajstić information content (AvgIpc) is 2.93. The molecule has 0 aliphatic rings. The van der Waals surface area contributed by atoms with Gasteiger partial charge in [-0.2, -0.15) is 0 Å². The molecule has 43 heavy (non-hydrogen) atoms. The third-order valence-corrected chi connectivity index (χ3v) is 6.48. The molecule has 0 aromatic carbocycles. The van der Waals surface area contributed by atoms with Crippen molar-refractivity contribution in [3.63, 3.8) is 0 Å². The van der Waals surface area contributed by atoms with E-state index in [0.29, 0.717) is 26.2 Å². The molecule has 0 bridgehead atoms. The van der Waals surface area contributed by atoms with Crippen LogP contribution in [-0.4, -0.2) is 107 Å². The maximum absolute atomic E-state index is 13.0. The number of carbonyl (C=O) groups excluding carboxylic acids is 4. The number of amides is 1. The van der Waals surface area contributed by atoms with Crippen LogP contribution in [-0.2, 0) is 42.9 Å². The summed E-state index contributed by atoms with van der Waals surface area (Å²) >= 11 is 0. The second-order valence-corrected chi connectivity index (χ2v) is 12.5. The van der Waals surface area contributed by atoms with Gasteiger partial charge in [-0.3, -0.25) is 19.2 Å². The Labute approximate surface area is 259 Å². The maximum atomic E-state index is 13.0. The molecule has 11 heteroatoms. The largest absolute Gasteiger partial charge is 0.379 e. The minimum Gasteiger partial charge on any atom is -0.379 e. The van der Waals surface area contributed by atoms with Gasteiger partial charge >= 0.3 is 0 Å². The van der Waals surface area contributed by atoms with Gasteiger partial charge in [-0.1, -0.05) is 34.6 Å². The van der Waals surface area contributed by atoms with Gasteiger partial charge in [0.2, 0.25) is 5.91 Å². The summed E-state index contributed by atoms with van der Waals surface area (Å²) in [6.45, 7) is 18.4. The lowest BCUT2D eigenvalue weighted by atomic mass is 10.0. The van der Waals surface area contributed by atoms with Gasteiger partial charge in [-0.05, 0) is 20.8 Å². The SMILES string of the molecule is CCC(=O)CCOCC(COCCC(=O)C(C)C)(COCCC(=O)C(C)C)NC(=O)CCOCCOCCNC(C)(C)C. The summed E-state index contributed by atoms with van der Waals surface area (Å²) in [5.41, 5.74) is -1.05. The smallest absolute Gasteiger partial charge is 0.222 e. The van der Waals surface area contributed by atoms with Crippen LogP contribution in [0.4, 0.5) is 0 Å². The van der Waals surface area contributed by atoms with E-state index in [1.807, 2.05) is 27.7 Å². The highest BCUT2D eigenvalue weighted by Crippen LogP contribution is 2.12. The fraction of sp³-hybridized carbons (Fsp3) is 0.875. The van der Waals surface area contributed by atoms with E-state index < -0.39 is 5.54 Å². The van der Waals surface area contributed by atoms with Gasteiger partial charge in [-0.15, -0.1) is 0 Å². The van der Waals surface area contributed by atoms with E-state index in [9.17, 15) is 19.2 Å². The van der Waals surface area contributed by atoms with Crippen molar-refractivity contribution >= 4 is 23.3 Å². The van der Waals surface area contributed by atoms with E-state index >= 15 is 0 Å². The summed E-state index contributed by atoms with van der Waals surface area (Å²) in [6.07, 6.45) is 1.28. The van der Waals surface area contributed by atoms with Crippen molar-refractivity contribution in [1.29, 1.82) is 0 Å². The number of ether oxygens (including phenoxy) is 5. The normalized spacial score (nSPS) is 12.2. The van der Waals surface area contributed by atoms with E-state index in [0.717, 1.165) is 6.54 Å². The van der Waals surface area contributed by atoms with E-state index in [-0.39, 0.29) is 113 Å². The second kappa shape index (κ2) is 23.6. The highest BCUT2D eigenvalue weighted by molar-refractivity contribution is 5.80. The number of ketones is 3. The zero-order chi connectivity index (χ0) is 32.7. The summed E-state index contributed by atoms with van der Waals surface area (Å²) in [5.74, 6) is -0.238. The third-order valence-electron chi connectivity index (χ3n) is 6.48. The number of nitrogens with one attached hydrogen (secondary N) is 2. The Balaban J connectivity index is 5.14. The summed E-state index contributed by atoms with van der Waals surface area (Å²) in [4.78, 5) is 48.9. The topological polar surface area (TPSA) is 138 Å². The van der Waals surface area contributed by atoms with Crippen LogP contribution in [0.25, 0.3) is 0 Å². The Morgan fingerprint density at radius 1 is 0.605 bits per heavy atom. The van der Waals surface area contributed by atoms with Crippen LogP contribution in [0.5, 0.6) is 0 Å². The first-order valence-corrected chi connectivity index (χ1v) is 15.7. The van der Waals surface area contributed by atoms with Gasteiger partial charge in [0, 0.05) is 56.0 Å². The number of Topliss-reactive ketones (excluding diaryl/α,β-unsaturated/α-hetero) is 3. The van der Waals surface area contributed by atoms with Crippen LogP contribution >= 0.6 is 0 Å². The summed E-state index contributed by atoms with van der Waals surface area (Å²) in [5, 5.41) is 6.34. The van der Waals surface area contributed by atoms with Crippen LogP contribution in [0.15, 0.2) is 0 Å². The van der Waals surface area contributed by atoms with Gasteiger partial charge < -0.3 is 34.3 Å². The molecule has 0 unspecified atom stereocenters. The van der Waals surface area contributed by atoms with Crippen LogP contribution < -0.4 is 10.6 Å². The first kappa shape index (κ1) is 41.2. The Morgan fingerprint density at radius 2 is 1.05 bits per heavy atom. The lowest BCUT2D eigenvalue weighted by Gasteiger charge is -2.34. The quantitative estimate of drug-likeness (QED) is 0.126. The standard InChI is InChI=1S/C32H60N2O9/c1-9-27(35)10-15-41-22-32(23-42-16-11-28(36)25(2)3,24-43-17-12-29(37)26(4)5)34-30(38)13-18-39-20-21-40-19-14-33-31(6,7)8/h25-26,33H,9-24H2,1-8H3,(H,34,38). The monoisotopic (exact) mass is 616 g/mol. The highest BCUT2D eigenvalue weighted by Gasteiger charge is 2.34. The van der Waals surface area contributed by atoms with Crippen molar-refractivity contribution < 1.29 is 42.9 Å². The number of carbonyl (C=O) groups is 4. The molecular weight excluding hydrogens is 556 g/mol. The van der Waals surface area contributed by atoms with E-state index in [2.05, 4.69) is 31.4 Å². The van der Waals surface area contributed by atoms with E-state index in [1.165, 1.54) is 0 Å². The Kier molecular flexibility index (Phi) is 22.6. The summed E-state index contributed by atoms with van der Waals surface area (Å²) in [7, 11) is 0. The van der Waals surface area contributed by atoms with Crippen molar-refractivity contribution in [2.75, 3.05) is 72.6 Å². The molecule has 0 aromatic rings. The fourth-order valence-corrected chi connectivity index (χ4v) is 3.66. The minimum atomic E-state index is -1.09.